The zero-order valence-corrected chi connectivity index (χ0v) is 10.1. The fraction of sp³-hybridized carbons (Fsp3) is 0.250. The maximum Gasteiger partial charge on any atom is 0.0532 e. The van der Waals surface area contributed by atoms with Gasteiger partial charge in [0.15, 0.2) is 0 Å². The molecule has 0 spiro atoms. The van der Waals surface area contributed by atoms with Crippen LogP contribution < -0.4 is 5.32 Å². The van der Waals surface area contributed by atoms with Crippen LogP contribution >= 0.6 is 11.8 Å². The molecule has 4 heteroatoms. The van der Waals surface area contributed by atoms with Crippen LogP contribution in [-0.2, 0) is 13.1 Å². The van der Waals surface area contributed by atoms with Crippen LogP contribution in [-0.4, -0.2) is 16.5 Å². The number of thioether (sulfide) groups is 1. The largest absolute Gasteiger partial charge is 0.309 e. The molecule has 2 N–H and O–H groups in total. The number of nitrogens with zero attached hydrogens (tertiary/aromatic N) is 1. The lowest BCUT2D eigenvalue weighted by Gasteiger charge is -2.04. The lowest BCUT2D eigenvalue weighted by molar-refractivity contribution is 0.693. The molecule has 84 valence electrons. The van der Waals surface area contributed by atoms with Crippen LogP contribution in [0, 0.1) is 0 Å². The van der Waals surface area contributed by atoms with E-state index in [4.69, 9.17) is 0 Å². The Morgan fingerprint density at radius 3 is 2.56 bits per heavy atom. The van der Waals surface area contributed by atoms with Crippen molar-refractivity contribution in [2.75, 3.05) is 6.26 Å². The molecule has 3 nitrogen and oxygen atoms in total. The normalized spacial score (nSPS) is 10.6. The Morgan fingerprint density at radius 1 is 1.19 bits per heavy atom. The molecule has 16 heavy (non-hydrogen) atoms. The van der Waals surface area contributed by atoms with Gasteiger partial charge in [0, 0.05) is 29.7 Å². The zero-order chi connectivity index (χ0) is 11.2. The Balaban J connectivity index is 1.81. The summed E-state index contributed by atoms with van der Waals surface area (Å²) < 4.78 is 0. The second-order valence-corrected chi connectivity index (χ2v) is 4.44. The van der Waals surface area contributed by atoms with E-state index in [0.29, 0.717) is 0 Å². The van der Waals surface area contributed by atoms with E-state index in [9.17, 15) is 0 Å². The van der Waals surface area contributed by atoms with Gasteiger partial charge in [-0.25, -0.2) is 0 Å². The molecule has 0 radical (unpaired) electrons. The molecular formula is C12H15N3S. The maximum absolute atomic E-state index is 3.90. The van der Waals surface area contributed by atoms with Gasteiger partial charge in [0.05, 0.1) is 6.20 Å². The quantitative estimate of drug-likeness (QED) is 0.779. The molecule has 0 aliphatic carbocycles. The van der Waals surface area contributed by atoms with Crippen molar-refractivity contribution >= 4 is 11.8 Å². The minimum atomic E-state index is 0.848. The van der Waals surface area contributed by atoms with Crippen LogP contribution in [0.5, 0.6) is 0 Å². The first-order chi connectivity index (χ1) is 7.88. The van der Waals surface area contributed by atoms with E-state index in [-0.39, 0.29) is 0 Å². The Bertz CT molecular complexity index is 408. The topological polar surface area (TPSA) is 40.7 Å². The first-order valence-electron chi connectivity index (χ1n) is 5.20. The number of nitrogens with one attached hydrogen (secondary N) is 2. The molecule has 1 aromatic carbocycles. The van der Waals surface area contributed by atoms with Crippen molar-refractivity contribution in [2.45, 2.75) is 18.0 Å². The van der Waals surface area contributed by atoms with Gasteiger partial charge in [-0.05, 0) is 24.0 Å². The molecule has 0 aliphatic heterocycles. The van der Waals surface area contributed by atoms with Crippen molar-refractivity contribution in [3.63, 3.8) is 0 Å². The van der Waals surface area contributed by atoms with E-state index in [0.717, 1.165) is 13.1 Å². The summed E-state index contributed by atoms with van der Waals surface area (Å²) in [7, 11) is 0. The van der Waals surface area contributed by atoms with Gasteiger partial charge in [-0.15, -0.1) is 11.8 Å². The molecule has 1 aromatic heterocycles. The van der Waals surface area contributed by atoms with E-state index in [1.165, 1.54) is 16.0 Å². The van der Waals surface area contributed by atoms with E-state index < -0.39 is 0 Å². The number of aromatic amines is 1. The smallest absolute Gasteiger partial charge is 0.0532 e. The molecule has 2 aromatic rings. The molecule has 0 saturated carbocycles. The second-order valence-electron chi connectivity index (χ2n) is 3.56. The van der Waals surface area contributed by atoms with Crippen molar-refractivity contribution in [3.05, 3.63) is 47.8 Å². The van der Waals surface area contributed by atoms with E-state index >= 15 is 0 Å². The highest BCUT2D eigenvalue weighted by atomic mass is 32.2. The van der Waals surface area contributed by atoms with Crippen LogP contribution in [0.2, 0.25) is 0 Å². The predicted molar refractivity (Wildman–Crippen MR) is 67.4 cm³/mol. The van der Waals surface area contributed by atoms with Crippen molar-refractivity contribution in [1.82, 2.24) is 15.5 Å². The highest BCUT2D eigenvalue weighted by Gasteiger charge is 1.95. The molecule has 0 aliphatic rings. The Hall–Kier alpha value is -1.26. The number of H-pyrrole nitrogens is 1. The van der Waals surface area contributed by atoms with Crippen molar-refractivity contribution < 1.29 is 0 Å². The summed E-state index contributed by atoms with van der Waals surface area (Å²) in [6.45, 7) is 1.74. The summed E-state index contributed by atoms with van der Waals surface area (Å²) in [6.07, 6.45) is 5.83. The van der Waals surface area contributed by atoms with Gasteiger partial charge in [0.1, 0.15) is 0 Å². The molecule has 0 saturated heterocycles. The molecule has 2 rings (SSSR count). The minimum Gasteiger partial charge on any atom is -0.309 e. The van der Waals surface area contributed by atoms with Crippen molar-refractivity contribution in [2.24, 2.45) is 0 Å². The Morgan fingerprint density at radius 2 is 1.94 bits per heavy atom. The second kappa shape index (κ2) is 5.72. The zero-order valence-electron chi connectivity index (χ0n) is 9.23. The average Bonchev–Trinajstić information content (AvgIpc) is 2.83. The molecule has 0 unspecified atom stereocenters. The van der Waals surface area contributed by atoms with Crippen LogP contribution in [0.3, 0.4) is 0 Å². The highest BCUT2D eigenvalue weighted by molar-refractivity contribution is 7.98. The monoisotopic (exact) mass is 233 g/mol. The maximum atomic E-state index is 3.90. The molecule has 0 fully saturated rings. The highest BCUT2D eigenvalue weighted by Crippen LogP contribution is 2.14. The SMILES string of the molecule is CSc1ccc(CNCc2cn[nH]c2)cc1. The van der Waals surface area contributed by atoms with Crippen LogP contribution in [0.1, 0.15) is 11.1 Å². The molecular weight excluding hydrogens is 218 g/mol. The predicted octanol–water partition coefficient (Wildman–Crippen LogP) is 2.42. The van der Waals surface area contributed by atoms with Crippen molar-refractivity contribution in [3.8, 4) is 0 Å². The summed E-state index contributed by atoms with van der Waals surface area (Å²) in [6, 6.07) is 8.63. The minimum absolute atomic E-state index is 0.848. The van der Waals surface area contributed by atoms with E-state index in [2.05, 4.69) is 46.0 Å². The summed E-state index contributed by atoms with van der Waals surface area (Å²) in [5.41, 5.74) is 2.49. The average molecular weight is 233 g/mol. The molecule has 0 bridgehead atoms. The van der Waals surface area contributed by atoms with Gasteiger partial charge < -0.3 is 5.32 Å². The van der Waals surface area contributed by atoms with Gasteiger partial charge >= 0.3 is 0 Å². The standard InChI is InChI=1S/C12H15N3S/c1-16-12-4-2-10(3-5-12)6-13-7-11-8-14-15-9-11/h2-5,8-9,13H,6-7H2,1H3,(H,14,15). The number of hydrogen-bond acceptors (Lipinski definition) is 3. The fourth-order valence-corrected chi connectivity index (χ4v) is 1.88. The fourth-order valence-electron chi connectivity index (χ4n) is 1.47. The van der Waals surface area contributed by atoms with Crippen molar-refractivity contribution in [1.29, 1.82) is 0 Å². The summed E-state index contributed by atoms with van der Waals surface area (Å²) in [5, 5.41) is 10.1. The lowest BCUT2D eigenvalue weighted by Crippen LogP contribution is -2.11. The van der Waals surface area contributed by atoms with Crippen LogP contribution in [0.25, 0.3) is 0 Å². The third-order valence-electron chi connectivity index (χ3n) is 2.37. The van der Waals surface area contributed by atoms with Gasteiger partial charge in [-0.3, -0.25) is 5.10 Å². The van der Waals surface area contributed by atoms with Gasteiger partial charge in [-0.2, -0.15) is 5.10 Å². The first-order valence-corrected chi connectivity index (χ1v) is 6.42. The van der Waals surface area contributed by atoms with Crippen LogP contribution in [0.4, 0.5) is 0 Å². The number of benzene rings is 1. The summed E-state index contributed by atoms with van der Waals surface area (Å²) in [5.74, 6) is 0. The number of aromatic nitrogens is 2. The lowest BCUT2D eigenvalue weighted by atomic mass is 10.2. The van der Waals surface area contributed by atoms with Gasteiger partial charge in [0.25, 0.3) is 0 Å². The third-order valence-corrected chi connectivity index (χ3v) is 3.12. The number of hydrogen-bond donors (Lipinski definition) is 2. The third kappa shape index (κ3) is 3.12. The molecule has 0 atom stereocenters. The number of rotatable bonds is 5. The first kappa shape index (κ1) is 11.2. The molecule has 0 amide bonds. The summed E-state index contributed by atoms with van der Waals surface area (Å²) >= 11 is 1.77. The Kier molecular flexibility index (Phi) is 4.02. The van der Waals surface area contributed by atoms with E-state index in [1.54, 1.807) is 11.8 Å². The Labute approximate surface area is 99.7 Å². The van der Waals surface area contributed by atoms with Gasteiger partial charge in [-0.1, -0.05) is 12.1 Å². The van der Waals surface area contributed by atoms with Gasteiger partial charge in [0.2, 0.25) is 0 Å². The molecule has 1 heterocycles. The van der Waals surface area contributed by atoms with Crippen LogP contribution in [0.15, 0.2) is 41.6 Å². The summed E-state index contributed by atoms with van der Waals surface area (Å²) in [4.78, 5) is 1.30. The van der Waals surface area contributed by atoms with E-state index in [1.807, 2.05) is 12.4 Å².